The van der Waals surface area contributed by atoms with E-state index in [9.17, 15) is 4.79 Å². The average Bonchev–Trinajstić information content (AvgIpc) is 3.38. The first-order valence-corrected chi connectivity index (χ1v) is 8.68. The fourth-order valence-electron chi connectivity index (χ4n) is 3.69. The molecule has 0 spiro atoms. The number of nitrogens with zero attached hydrogens (tertiary/aromatic N) is 1. The van der Waals surface area contributed by atoms with E-state index >= 15 is 0 Å². The monoisotopic (exact) mass is 299 g/mol. The highest BCUT2D eigenvalue weighted by Crippen LogP contribution is 2.48. The van der Waals surface area contributed by atoms with Crippen LogP contribution in [-0.2, 0) is 4.79 Å². The van der Waals surface area contributed by atoms with E-state index in [-0.39, 0.29) is 5.91 Å². The summed E-state index contributed by atoms with van der Waals surface area (Å²) < 4.78 is 5.83. The molecule has 2 unspecified atom stereocenters. The molecular formula is C19H25NO2. The second kappa shape index (κ2) is 5.29. The predicted octanol–water partition coefficient (Wildman–Crippen LogP) is 4.06. The first-order chi connectivity index (χ1) is 10.6. The van der Waals surface area contributed by atoms with E-state index in [4.69, 9.17) is 4.42 Å². The van der Waals surface area contributed by atoms with Gasteiger partial charge in [0.25, 0.3) is 0 Å². The number of hydrogen-bond acceptors (Lipinski definition) is 2. The van der Waals surface area contributed by atoms with Gasteiger partial charge in [0.1, 0.15) is 11.5 Å². The molecule has 3 heteroatoms. The maximum Gasteiger partial charge on any atom is 0.246 e. The molecule has 1 amide bonds. The zero-order valence-electron chi connectivity index (χ0n) is 13.5. The van der Waals surface area contributed by atoms with E-state index in [0.29, 0.717) is 12.0 Å². The Labute approximate surface area is 132 Å². The largest absolute Gasteiger partial charge is 0.461 e. The van der Waals surface area contributed by atoms with Gasteiger partial charge >= 0.3 is 0 Å². The van der Waals surface area contributed by atoms with E-state index in [1.807, 2.05) is 24.1 Å². The summed E-state index contributed by atoms with van der Waals surface area (Å²) in [4.78, 5) is 14.4. The molecule has 22 heavy (non-hydrogen) atoms. The van der Waals surface area contributed by atoms with Gasteiger partial charge in [0, 0.05) is 25.1 Å². The molecule has 0 N–H and O–H groups in total. The summed E-state index contributed by atoms with van der Waals surface area (Å²) in [6, 6.07) is 4.50. The highest BCUT2D eigenvalue weighted by Gasteiger charge is 2.44. The van der Waals surface area contributed by atoms with Gasteiger partial charge in [-0.25, -0.2) is 0 Å². The smallest absolute Gasteiger partial charge is 0.246 e. The second-order valence-electron chi connectivity index (χ2n) is 7.51. The first-order valence-electron chi connectivity index (χ1n) is 8.68. The lowest BCUT2D eigenvalue weighted by Crippen LogP contribution is -2.39. The molecule has 1 heterocycles. The fraction of sp³-hybridized carbons (Fsp3) is 0.632. The van der Waals surface area contributed by atoms with Crippen molar-refractivity contribution in [1.82, 2.24) is 4.90 Å². The number of furan rings is 1. The van der Waals surface area contributed by atoms with E-state index in [2.05, 4.69) is 13.0 Å². The minimum atomic E-state index is 0.113. The number of hydrogen-bond donors (Lipinski definition) is 0. The number of carbonyl (C=O) groups excluding carboxylic acids is 1. The lowest BCUT2D eigenvalue weighted by Gasteiger charge is -2.27. The van der Waals surface area contributed by atoms with E-state index in [1.165, 1.54) is 32.1 Å². The fourth-order valence-corrected chi connectivity index (χ4v) is 3.69. The van der Waals surface area contributed by atoms with Crippen molar-refractivity contribution in [3.8, 4) is 0 Å². The number of carbonyl (C=O) groups is 1. The zero-order chi connectivity index (χ0) is 15.3. The van der Waals surface area contributed by atoms with Gasteiger partial charge in [0.2, 0.25) is 5.91 Å². The van der Waals surface area contributed by atoms with Crippen molar-refractivity contribution < 1.29 is 9.21 Å². The van der Waals surface area contributed by atoms with Crippen LogP contribution in [-0.4, -0.2) is 23.9 Å². The van der Waals surface area contributed by atoms with Gasteiger partial charge < -0.3 is 9.32 Å². The van der Waals surface area contributed by atoms with Crippen LogP contribution >= 0.6 is 0 Å². The van der Waals surface area contributed by atoms with Crippen LogP contribution in [0.5, 0.6) is 0 Å². The third-order valence-corrected chi connectivity index (χ3v) is 5.52. The molecule has 3 aliphatic carbocycles. The lowest BCUT2D eigenvalue weighted by molar-refractivity contribution is -0.127. The van der Waals surface area contributed by atoms with Crippen LogP contribution < -0.4 is 0 Å². The van der Waals surface area contributed by atoms with Crippen LogP contribution in [0.25, 0.3) is 6.08 Å². The van der Waals surface area contributed by atoms with Gasteiger partial charge in [-0.15, -0.1) is 0 Å². The van der Waals surface area contributed by atoms with Crippen molar-refractivity contribution >= 4 is 12.0 Å². The van der Waals surface area contributed by atoms with Gasteiger partial charge in [0.15, 0.2) is 0 Å². The molecule has 0 aromatic carbocycles. The SMILES string of the molecule is CC1CC1c1ccc(/C=C/C(=O)N(C)C(C2CC2)C2CC2)o1. The molecule has 0 radical (unpaired) electrons. The Morgan fingerprint density at radius 2 is 1.91 bits per heavy atom. The normalized spacial score (nSPS) is 27.6. The summed E-state index contributed by atoms with van der Waals surface area (Å²) in [7, 11) is 1.97. The summed E-state index contributed by atoms with van der Waals surface area (Å²) >= 11 is 0. The van der Waals surface area contributed by atoms with Gasteiger partial charge in [-0.3, -0.25) is 4.79 Å². The third-order valence-electron chi connectivity index (χ3n) is 5.52. The Bertz CT molecular complexity index is 582. The van der Waals surface area contributed by atoms with Crippen molar-refractivity contribution in [3.05, 3.63) is 29.7 Å². The van der Waals surface area contributed by atoms with Crippen LogP contribution in [0, 0.1) is 17.8 Å². The van der Waals surface area contributed by atoms with Crippen LogP contribution in [0.1, 0.15) is 56.5 Å². The summed E-state index contributed by atoms with van der Waals surface area (Å²) in [5.74, 6) is 4.82. The third kappa shape index (κ3) is 2.86. The Kier molecular flexibility index (Phi) is 3.39. The Morgan fingerprint density at radius 1 is 1.27 bits per heavy atom. The second-order valence-corrected chi connectivity index (χ2v) is 7.51. The van der Waals surface area contributed by atoms with Crippen molar-refractivity contribution in [2.24, 2.45) is 17.8 Å². The molecule has 2 atom stereocenters. The van der Waals surface area contributed by atoms with Crippen molar-refractivity contribution in [1.29, 1.82) is 0 Å². The summed E-state index contributed by atoms with van der Waals surface area (Å²) in [5, 5.41) is 0. The molecule has 3 saturated carbocycles. The predicted molar refractivity (Wildman–Crippen MR) is 86.3 cm³/mol. The standard InChI is InChI=1S/C19H25NO2/c1-12-11-16(12)17-9-7-15(22-17)8-10-18(21)20(2)19(13-3-4-13)14-5-6-14/h7-10,12-14,16,19H,3-6,11H2,1-2H3/b10-8+. The molecule has 1 aromatic heterocycles. The summed E-state index contributed by atoms with van der Waals surface area (Å²) in [6.07, 6.45) is 9.91. The lowest BCUT2D eigenvalue weighted by atomic mass is 10.1. The molecular weight excluding hydrogens is 274 g/mol. The molecule has 3 aliphatic rings. The minimum absolute atomic E-state index is 0.113. The Hall–Kier alpha value is -1.51. The van der Waals surface area contributed by atoms with Crippen molar-refractivity contribution in [2.75, 3.05) is 7.05 Å². The summed E-state index contributed by atoms with van der Waals surface area (Å²) in [6.45, 7) is 2.25. The number of likely N-dealkylation sites (N-methyl/N-ethyl adjacent to an activating group) is 1. The molecule has 3 nitrogen and oxygen atoms in total. The summed E-state index contributed by atoms with van der Waals surface area (Å²) in [5.41, 5.74) is 0. The molecule has 4 rings (SSSR count). The maximum atomic E-state index is 12.4. The molecule has 3 fully saturated rings. The van der Waals surface area contributed by atoms with Gasteiger partial charge in [0.05, 0.1) is 0 Å². The molecule has 0 aliphatic heterocycles. The van der Waals surface area contributed by atoms with Crippen LogP contribution in [0.2, 0.25) is 0 Å². The molecule has 0 bridgehead atoms. The van der Waals surface area contributed by atoms with Crippen molar-refractivity contribution in [3.63, 3.8) is 0 Å². The van der Waals surface area contributed by atoms with E-state index in [1.54, 1.807) is 6.08 Å². The van der Waals surface area contributed by atoms with E-state index < -0.39 is 0 Å². The topological polar surface area (TPSA) is 33.5 Å². The number of amides is 1. The quantitative estimate of drug-likeness (QED) is 0.742. The van der Waals surface area contributed by atoms with Crippen molar-refractivity contribution in [2.45, 2.75) is 51.0 Å². The molecule has 1 aromatic rings. The Morgan fingerprint density at radius 3 is 2.45 bits per heavy atom. The number of rotatable bonds is 6. The van der Waals surface area contributed by atoms with Gasteiger partial charge in [-0.1, -0.05) is 6.92 Å². The molecule has 118 valence electrons. The first kappa shape index (κ1) is 14.1. The highest BCUT2D eigenvalue weighted by molar-refractivity contribution is 5.91. The average molecular weight is 299 g/mol. The Balaban J connectivity index is 1.39. The van der Waals surface area contributed by atoms with Crippen LogP contribution in [0.3, 0.4) is 0 Å². The van der Waals surface area contributed by atoms with Gasteiger partial charge in [-0.05, 0) is 68.1 Å². The zero-order valence-corrected chi connectivity index (χ0v) is 13.5. The van der Waals surface area contributed by atoms with E-state index in [0.717, 1.165) is 29.3 Å². The van der Waals surface area contributed by atoms with Crippen LogP contribution in [0.15, 0.2) is 22.6 Å². The molecule has 0 saturated heterocycles. The van der Waals surface area contributed by atoms with Gasteiger partial charge in [-0.2, -0.15) is 0 Å². The minimum Gasteiger partial charge on any atom is -0.461 e. The maximum absolute atomic E-state index is 12.4. The van der Waals surface area contributed by atoms with Crippen LogP contribution in [0.4, 0.5) is 0 Å². The highest BCUT2D eigenvalue weighted by atomic mass is 16.3.